The van der Waals surface area contributed by atoms with E-state index < -0.39 is 0 Å². The van der Waals surface area contributed by atoms with Gasteiger partial charge in [-0.15, -0.1) is 0 Å². The van der Waals surface area contributed by atoms with E-state index in [0.29, 0.717) is 13.1 Å². The van der Waals surface area contributed by atoms with Crippen molar-refractivity contribution in [3.63, 3.8) is 0 Å². The van der Waals surface area contributed by atoms with E-state index in [1.54, 1.807) is 17.2 Å². The van der Waals surface area contributed by atoms with Crippen LogP contribution in [0.2, 0.25) is 0 Å². The molecule has 0 saturated carbocycles. The number of hydrogen-bond acceptors (Lipinski definition) is 3. The third kappa shape index (κ3) is 2.68. The smallest absolute Gasteiger partial charge is 0.261 e. The third-order valence-electron chi connectivity index (χ3n) is 4.40. The van der Waals surface area contributed by atoms with Gasteiger partial charge in [-0.2, -0.15) is 5.10 Å². The molecule has 1 atom stereocenters. The highest BCUT2D eigenvalue weighted by molar-refractivity contribution is 5.94. The first-order chi connectivity index (χ1) is 10.6. The molecule has 0 radical (unpaired) electrons. The first kappa shape index (κ1) is 14.6. The van der Waals surface area contributed by atoms with E-state index in [2.05, 4.69) is 15.2 Å². The number of carbonyl (C=O) groups is 1. The van der Waals surface area contributed by atoms with Gasteiger partial charge in [0.15, 0.2) is 0 Å². The van der Waals surface area contributed by atoms with Crippen LogP contribution in [0.25, 0.3) is 0 Å². The molecule has 22 heavy (non-hydrogen) atoms. The number of H-pyrrole nitrogens is 2. The highest BCUT2D eigenvalue weighted by atomic mass is 16.2. The maximum atomic E-state index is 12.7. The standard InChI is InChI=1S/C16H20N4O2/c1-10-8-13(15(21)18-11(10)2)16(22)20-7-3-4-12(9-20)14-5-6-17-19-14/h5-6,8,12H,3-4,7,9H2,1-2H3,(H,17,19)(H,18,21). The van der Waals surface area contributed by atoms with Crippen molar-refractivity contribution in [2.75, 3.05) is 13.1 Å². The Hall–Kier alpha value is -2.37. The van der Waals surface area contributed by atoms with E-state index in [1.807, 2.05) is 19.9 Å². The lowest BCUT2D eigenvalue weighted by molar-refractivity contribution is 0.0704. The van der Waals surface area contributed by atoms with E-state index in [9.17, 15) is 9.59 Å². The monoisotopic (exact) mass is 300 g/mol. The minimum atomic E-state index is -0.309. The molecule has 1 saturated heterocycles. The maximum Gasteiger partial charge on any atom is 0.261 e. The maximum absolute atomic E-state index is 12.7. The molecule has 1 aliphatic rings. The molecule has 1 unspecified atom stereocenters. The number of rotatable bonds is 2. The molecule has 1 amide bonds. The van der Waals surface area contributed by atoms with E-state index in [-0.39, 0.29) is 22.9 Å². The lowest BCUT2D eigenvalue weighted by Gasteiger charge is -2.32. The lowest BCUT2D eigenvalue weighted by atomic mass is 9.94. The Morgan fingerprint density at radius 3 is 2.95 bits per heavy atom. The Morgan fingerprint density at radius 1 is 1.41 bits per heavy atom. The van der Waals surface area contributed by atoms with Gasteiger partial charge in [0.05, 0.1) is 0 Å². The Morgan fingerprint density at radius 2 is 2.23 bits per heavy atom. The number of aromatic nitrogens is 3. The Balaban J connectivity index is 1.83. The first-order valence-electron chi connectivity index (χ1n) is 7.55. The molecule has 0 bridgehead atoms. The van der Waals surface area contributed by atoms with Gasteiger partial charge in [-0.05, 0) is 44.4 Å². The van der Waals surface area contributed by atoms with Gasteiger partial charge in [-0.25, -0.2) is 0 Å². The van der Waals surface area contributed by atoms with Crippen molar-refractivity contribution >= 4 is 5.91 Å². The molecule has 2 N–H and O–H groups in total. The molecule has 0 aromatic carbocycles. The number of piperidine rings is 1. The number of amides is 1. The molecule has 6 heteroatoms. The van der Waals surface area contributed by atoms with Crippen LogP contribution in [0.4, 0.5) is 0 Å². The number of likely N-dealkylation sites (tertiary alicyclic amines) is 1. The topological polar surface area (TPSA) is 81.8 Å². The van der Waals surface area contributed by atoms with Crippen LogP contribution >= 0.6 is 0 Å². The van der Waals surface area contributed by atoms with E-state index in [0.717, 1.165) is 29.8 Å². The number of aryl methyl sites for hydroxylation is 2. The van der Waals surface area contributed by atoms with Gasteiger partial charge < -0.3 is 9.88 Å². The van der Waals surface area contributed by atoms with Crippen molar-refractivity contribution in [1.82, 2.24) is 20.1 Å². The number of nitrogens with zero attached hydrogens (tertiary/aromatic N) is 2. The number of carbonyl (C=O) groups excluding carboxylic acids is 1. The van der Waals surface area contributed by atoms with Crippen LogP contribution in [0.3, 0.4) is 0 Å². The van der Waals surface area contributed by atoms with Crippen LogP contribution in [0.1, 0.15) is 46.1 Å². The molecule has 116 valence electrons. The molecule has 0 spiro atoms. The van der Waals surface area contributed by atoms with Gasteiger partial charge >= 0.3 is 0 Å². The van der Waals surface area contributed by atoms with Crippen molar-refractivity contribution < 1.29 is 4.79 Å². The summed E-state index contributed by atoms with van der Waals surface area (Å²) in [4.78, 5) is 29.3. The quantitative estimate of drug-likeness (QED) is 0.886. The van der Waals surface area contributed by atoms with E-state index >= 15 is 0 Å². The Labute approximate surface area is 128 Å². The molecular formula is C16H20N4O2. The number of nitrogens with one attached hydrogen (secondary N) is 2. The number of hydrogen-bond donors (Lipinski definition) is 2. The Kier molecular flexibility index (Phi) is 3.83. The molecule has 2 aromatic rings. The summed E-state index contributed by atoms with van der Waals surface area (Å²) in [5, 5.41) is 6.96. The second-order valence-corrected chi connectivity index (χ2v) is 5.92. The highest BCUT2D eigenvalue weighted by Crippen LogP contribution is 2.26. The summed E-state index contributed by atoms with van der Waals surface area (Å²) in [6, 6.07) is 3.64. The number of pyridine rings is 1. The van der Waals surface area contributed by atoms with Gasteiger partial charge in [0.2, 0.25) is 0 Å². The second kappa shape index (κ2) is 5.79. The molecule has 2 aromatic heterocycles. The average molecular weight is 300 g/mol. The van der Waals surface area contributed by atoms with Crippen molar-refractivity contribution in [1.29, 1.82) is 0 Å². The minimum absolute atomic E-state index is 0.187. The zero-order valence-corrected chi connectivity index (χ0v) is 12.8. The third-order valence-corrected chi connectivity index (χ3v) is 4.40. The van der Waals surface area contributed by atoms with E-state index in [1.165, 1.54) is 0 Å². The van der Waals surface area contributed by atoms with Crippen molar-refractivity contribution in [3.8, 4) is 0 Å². The largest absolute Gasteiger partial charge is 0.338 e. The van der Waals surface area contributed by atoms with Crippen LogP contribution in [0, 0.1) is 13.8 Å². The molecule has 6 nitrogen and oxygen atoms in total. The predicted octanol–water partition coefficient (Wildman–Crippen LogP) is 1.73. The predicted molar refractivity (Wildman–Crippen MR) is 83.0 cm³/mol. The molecule has 1 aliphatic heterocycles. The summed E-state index contributed by atoms with van der Waals surface area (Å²) in [6.45, 7) is 5.04. The van der Waals surface area contributed by atoms with Crippen LogP contribution in [0.15, 0.2) is 23.1 Å². The fraction of sp³-hybridized carbons (Fsp3) is 0.438. The summed E-state index contributed by atoms with van der Waals surface area (Å²) in [5.41, 5.74) is 2.69. The summed E-state index contributed by atoms with van der Waals surface area (Å²) < 4.78 is 0. The zero-order valence-electron chi connectivity index (χ0n) is 12.8. The fourth-order valence-corrected chi connectivity index (χ4v) is 2.97. The summed E-state index contributed by atoms with van der Waals surface area (Å²) in [7, 11) is 0. The second-order valence-electron chi connectivity index (χ2n) is 5.92. The fourth-order valence-electron chi connectivity index (χ4n) is 2.97. The lowest BCUT2D eigenvalue weighted by Crippen LogP contribution is -2.41. The van der Waals surface area contributed by atoms with E-state index in [4.69, 9.17) is 0 Å². The van der Waals surface area contributed by atoms with Crippen LogP contribution < -0.4 is 5.56 Å². The first-order valence-corrected chi connectivity index (χ1v) is 7.55. The summed E-state index contributed by atoms with van der Waals surface area (Å²) in [6.07, 6.45) is 3.68. The van der Waals surface area contributed by atoms with Gasteiger partial charge in [0.1, 0.15) is 5.56 Å². The minimum Gasteiger partial charge on any atom is -0.338 e. The highest BCUT2D eigenvalue weighted by Gasteiger charge is 2.27. The molecule has 3 rings (SSSR count). The molecule has 1 fully saturated rings. The van der Waals surface area contributed by atoms with Crippen LogP contribution in [-0.2, 0) is 0 Å². The van der Waals surface area contributed by atoms with Crippen LogP contribution in [0.5, 0.6) is 0 Å². The summed E-state index contributed by atoms with van der Waals surface area (Å²) in [5.74, 6) is 0.0689. The number of aromatic amines is 2. The van der Waals surface area contributed by atoms with Gasteiger partial charge in [-0.3, -0.25) is 14.7 Å². The molecular weight excluding hydrogens is 280 g/mol. The Bertz CT molecular complexity index is 733. The van der Waals surface area contributed by atoms with Gasteiger partial charge in [0, 0.05) is 36.6 Å². The van der Waals surface area contributed by atoms with Gasteiger partial charge in [0.25, 0.3) is 11.5 Å². The normalized spacial score (nSPS) is 18.5. The van der Waals surface area contributed by atoms with Gasteiger partial charge in [-0.1, -0.05) is 0 Å². The molecule has 0 aliphatic carbocycles. The SMILES string of the molecule is Cc1cc(C(=O)N2CCCC(c3ccn[nH]3)C2)c(=O)[nH]c1C. The average Bonchev–Trinajstić information content (AvgIpc) is 3.05. The van der Waals surface area contributed by atoms with Crippen molar-refractivity contribution in [2.24, 2.45) is 0 Å². The molecule has 3 heterocycles. The zero-order chi connectivity index (χ0) is 15.7. The summed E-state index contributed by atoms with van der Waals surface area (Å²) >= 11 is 0. The van der Waals surface area contributed by atoms with Crippen molar-refractivity contribution in [2.45, 2.75) is 32.6 Å². The van der Waals surface area contributed by atoms with Crippen LogP contribution in [-0.4, -0.2) is 39.1 Å². The van der Waals surface area contributed by atoms with Crippen molar-refractivity contribution in [3.05, 3.63) is 51.2 Å².